The molecule has 1 aliphatic rings. The van der Waals surface area contributed by atoms with Crippen molar-refractivity contribution in [1.82, 2.24) is 5.32 Å². The zero-order valence-corrected chi connectivity index (χ0v) is 9.64. The molecule has 0 amide bonds. The first kappa shape index (κ1) is 10.7. The second-order valence-electron chi connectivity index (χ2n) is 3.29. The maximum atomic E-state index is 3.72. The summed E-state index contributed by atoms with van der Waals surface area (Å²) in [7, 11) is 0. The highest BCUT2D eigenvalue weighted by atomic mass is 32.2. The van der Waals surface area contributed by atoms with Gasteiger partial charge in [0.15, 0.2) is 0 Å². The van der Waals surface area contributed by atoms with Crippen molar-refractivity contribution >= 4 is 23.5 Å². The van der Waals surface area contributed by atoms with Gasteiger partial charge in [0.25, 0.3) is 0 Å². The maximum absolute atomic E-state index is 3.72. The van der Waals surface area contributed by atoms with E-state index >= 15 is 0 Å². The van der Waals surface area contributed by atoms with Crippen LogP contribution in [0.4, 0.5) is 0 Å². The van der Waals surface area contributed by atoms with Gasteiger partial charge in [-0.3, -0.25) is 0 Å². The topological polar surface area (TPSA) is 12.0 Å². The number of hydrogen-bond acceptors (Lipinski definition) is 3. The summed E-state index contributed by atoms with van der Waals surface area (Å²) >= 11 is 4.03. The summed E-state index contributed by atoms with van der Waals surface area (Å²) in [5.41, 5.74) is 0. The van der Waals surface area contributed by atoms with Crippen LogP contribution in [0.5, 0.6) is 0 Å². The average Bonchev–Trinajstić information content (AvgIpc) is 2.56. The normalized spacial score (nSPS) is 26.0. The highest BCUT2D eigenvalue weighted by Crippen LogP contribution is 2.18. The molecule has 72 valence electrons. The van der Waals surface area contributed by atoms with Gasteiger partial charge in [0.1, 0.15) is 0 Å². The van der Waals surface area contributed by atoms with E-state index in [0.717, 1.165) is 12.1 Å². The molecule has 1 aliphatic heterocycles. The van der Waals surface area contributed by atoms with Crippen molar-refractivity contribution in [3.8, 4) is 0 Å². The van der Waals surface area contributed by atoms with E-state index in [1.807, 2.05) is 11.8 Å². The maximum Gasteiger partial charge on any atom is 0.0168 e. The predicted molar refractivity (Wildman–Crippen MR) is 61.3 cm³/mol. The third kappa shape index (κ3) is 3.58. The molecule has 1 heterocycles. The molecular weight excluding hydrogens is 186 g/mol. The first-order valence-corrected chi connectivity index (χ1v) is 7.24. The van der Waals surface area contributed by atoms with Crippen molar-refractivity contribution in [2.75, 3.05) is 23.5 Å². The van der Waals surface area contributed by atoms with Gasteiger partial charge in [-0.05, 0) is 24.9 Å². The summed E-state index contributed by atoms with van der Waals surface area (Å²) in [4.78, 5) is 0. The van der Waals surface area contributed by atoms with Crippen molar-refractivity contribution < 1.29 is 0 Å². The average molecular weight is 205 g/mol. The smallest absolute Gasteiger partial charge is 0.0168 e. The van der Waals surface area contributed by atoms with Crippen LogP contribution in [-0.4, -0.2) is 35.6 Å². The van der Waals surface area contributed by atoms with E-state index < -0.39 is 0 Å². The number of hydrogen-bond donors (Lipinski definition) is 1. The lowest BCUT2D eigenvalue weighted by Gasteiger charge is -2.20. The van der Waals surface area contributed by atoms with Crippen molar-refractivity contribution in [3.63, 3.8) is 0 Å². The first-order chi connectivity index (χ1) is 5.86. The van der Waals surface area contributed by atoms with E-state index in [9.17, 15) is 0 Å². The van der Waals surface area contributed by atoms with Gasteiger partial charge in [-0.1, -0.05) is 6.92 Å². The Morgan fingerprint density at radius 2 is 2.50 bits per heavy atom. The summed E-state index contributed by atoms with van der Waals surface area (Å²) in [6, 6.07) is 1.54. The third-order valence-corrected chi connectivity index (χ3v) is 4.16. The quantitative estimate of drug-likeness (QED) is 0.739. The SMILES string of the molecule is CCC(CSC)NC1CCSC1. The molecule has 0 aromatic heterocycles. The molecule has 0 aromatic rings. The van der Waals surface area contributed by atoms with Crippen molar-refractivity contribution in [3.05, 3.63) is 0 Å². The van der Waals surface area contributed by atoms with Crippen LogP contribution in [0.2, 0.25) is 0 Å². The van der Waals surface area contributed by atoms with Crippen LogP contribution in [0, 0.1) is 0 Å². The number of nitrogens with one attached hydrogen (secondary N) is 1. The lowest BCUT2D eigenvalue weighted by atomic mass is 10.2. The molecule has 3 heteroatoms. The van der Waals surface area contributed by atoms with Gasteiger partial charge < -0.3 is 5.32 Å². The van der Waals surface area contributed by atoms with E-state index in [2.05, 4.69) is 30.3 Å². The lowest BCUT2D eigenvalue weighted by molar-refractivity contribution is 0.468. The Kier molecular flexibility index (Phi) is 5.52. The largest absolute Gasteiger partial charge is 0.310 e. The number of thioether (sulfide) groups is 2. The minimum absolute atomic E-state index is 0.740. The fourth-order valence-electron chi connectivity index (χ4n) is 1.48. The van der Waals surface area contributed by atoms with Crippen molar-refractivity contribution in [2.45, 2.75) is 31.8 Å². The van der Waals surface area contributed by atoms with E-state index in [1.54, 1.807) is 0 Å². The molecule has 1 saturated heterocycles. The predicted octanol–water partition coefficient (Wildman–Crippen LogP) is 2.22. The van der Waals surface area contributed by atoms with Crippen LogP contribution < -0.4 is 5.32 Å². The molecule has 12 heavy (non-hydrogen) atoms. The van der Waals surface area contributed by atoms with Crippen molar-refractivity contribution in [2.24, 2.45) is 0 Å². The molecule has 0 aromatic carbocycles. The zero-order chi connectivity index (χ0) is 8.81. The summed E-state index contributed by atoms with van der Waals surface area (Å²) < 4.78 is 0. The lowest BCUT2D eigenvalue weighted by Crippen LogP contribution is -2.39. The second kappa shape index (κ2) is 6.17. The van der Waals surface area contributed by atoms with Gasteiger partial charge in [0.2, 0.25) is 0 Å². The molecule has 0 aliphatic carbocycles. The van der Waals surface area contributed by atoms with Crippen LogP contribution in [0.15, 0.2) is 0 Å². The van der Waals surface area contributed by atoms with Crippen LogP contribution in [-0.2, 0) is 0 Å². The third-order valence-electron chi connectivity index (χ3n) is 2.26. The Morgan fingerprint density at radius 1 is 1.67 bits per heavy atom. The van der Waals surface area contributed by atoms with Gasteiger partial charge in [-0.2, -0.15) is 23.5 Å². The Balaban J connectivity index is 2.16. The van der Waals surface area contributed by atoms with E-state index in [4.69, 9.17) is 0 Å². The molecule has 1 N–H and O–H groups in total. The molecule has 0 bridgehead atoms. The van der Waals surface area contributed by atoms with Gasteiger partial charge >= 0.3 is 0 Å². The minimum Gasteiger partial charge on any atom is -0.310 e. The Labute approximate surface area is 84.4 Å². The van der Waals surface area contributed by atoms with Crippen LogP contribution >= 0.6 is 23.5 Å². The van der Waals surface area contributed by atoms with Gasteiger partial charge in [-0.15, -0.1) is 0 Å². The summed E-state index contributed by atoms with van der Waals surface area (Å²) in [5.74, 6) is 3.94. The Hall–Kier alpha value is 0.660. The van der Waals surface area contributed by atoms with E-state index in [-0.39, 0.29) is 0 Å². The second-order valence-corrected chi connectivity index (χ2v) is 5.35. The Bertz CT molecular complexity index is 113. The molecule has 0 spiro atoms. The fourth-order valence-corrected chi connectivity index (χ4v) is 3.38. The van der Waals surface area contributed by atoms with E-state index in [0.29, 0.717) is 0 Å². The Morgan fingerprint density at radius 3 is 3.00 bits per heavy atom. The standard InChI is InChI=1S/C9H19NS2/c1-3-8(6-11-2)10-9-4-5-12-7-9/h8-10H,3-7H2,1-2H3. The fraction of sp³-hybridized carbons (Fsp3) is 1.00. The monoisotopic (exact) mass is 205 g/mol. The summed E-state index contributed by atoms with van der Waals surface area (Å²) in [6.45, 7) is 2.27. The highest BCUT2D eigenvalue weighted by Gasteiger charge is 2.17. The molecule has 1 rings (SSSR count). The molecule has 1 fully saturated rings. The van der Waals surface area contributed by atoms with Crippen LogP contribution in [0.3, 0.4) is 0 Å². The molecule has 1 nitrogen and oxygen atoms in total. The van der Waals surface area contributed by atoms with Gasteiger partial charge in [0.05, 0.1) is 0 Å². The highest BCUT2D eigenvalue weighted by molar-refractivity contribution is 7.99. The molecule has 0 saturated carbocycles. The number of rotatable bonds is 5. The van der Waals surface area contributed by atoms with Crippen LogP contribution in [0.25, 0.3) is 0 Å². The van der Waals surface area contributed by atoms with Gasteiger partial charge in [-0.25, -0.2) is 0 Å². The van der Waals surface area contributed by atoms with Crippen LogP contribution in [0.1, 0.15) is 19.8 Å². The summed E-state index contributed by atoms with van der Waals surface area (Å²) in [5, 5.41) is 3.72. The van der Waals surface area contributed by atoms with E-state index in [1.165, 1.54) is 30.1 Å². The molecule has 0 radical (unpaired) electrons. The molecule has 2 atom stereocenters. The minimum atomic E-state index is 0.740. The zero-order valence-electron chi connectivity index (χ0n) is 8.01. The van der Waals surface area contributed by atoms with Gasteiger partial charge in [0, 0.05) is 23.6 Å². The molecular formula is C9H19NS2. The van der Waals surface area contributed by atoms with Crippen molar-refractivity contribution in [1.29, 1.82) is 0 Å². The first-order valence-electron chi connectivity index (χ1n) is 4.69. The summed E-state index contributed by atoms with van der Waals surface area (Å²) in [6.07, 6.45) is 4.82. The molecule has 2 unspecified atom stereocenters.